The van der Waals surface area contributed by atoms with E-state index >= 15 is 0 Å². The highest BCUT2D eigenvalue weighted by molar-refractivity contribution is 7.73. The van der Waals surface area contributed by atoms with Gasteiger partial charge in [-0.05, 0) is 42.9 Å². The Hall–Kier alpha value is -2.55. The molecule has 146 valence electrons. The second kappa shape index (κ2) is 9.09. The van der Waals surface area contributed by atoms with Gasteiger partial charge in [0.15, 0.2) is 10.6 Å². The summed E-state index contributed by atoms with van der Waals surface area (Å²) in [7, 11) is 3.73. The molecule has 0 spiro atoms. The highest BCUT2D eigenvalue weighted by Gasteiger charge is 2.11. The molecule has 3 aromatic rings. The van der Waals surface area contributed by atoms with Gasteiger partial charge in [0.2, 0.25) is 5.13 Å². The van der Waals surface area contributed by atoms with Gasteiger partial charge < -0.3 is 15.5 Å². The number of hydrogen-bond acceptors (Lipinski definition) is 5. The van der Waals surface area contributed by atoms with E-state index in [4.69, 9.17) is 12.2 Å². The molecule has 2 aromatic carbocycles. The number of para-hydroxylation sites is 1. The lowest BCUT2D eigenvalue weighted by Crippen LogP contribution is -3.07. The van der Waals surface area contributed by atoms with Crippen LogP contribution in [0.5, 0.6) is 0 Å². The van der Waals surface area contributed by atoms with Gasteiger partial charge in [-0.25, -0.2) is 0 Å². The first kappa shape index (κ1) is 20.2. The SMILES string of the molecule is CNC(=O)c1ccc(C[NH+](C)Cn2nc(Nc3ccccc3C)sc2=S)cc1. The summed E-state index contributed by atoms with van der Waals surface area (Å²) >= 11 is 6.96. The molecule has 3 rings (SSSR count). The van der Waals surface area contributed by atoms with Gasteiger partial charge in [-0.1, -0.05) is 41.7 Å². The van der Waals surface area contributed by atoms with Gasteiger partial charge in [-0.2, -0.15) is 4.68 Å². The molecule has 0 saturated carbocycles. The maximum absolute atomic E-state index is 11.6. The zero-order valence-electron chi connectivity index (χ0n) is 16.2. The lowest BCUT2D eigenvalue weighted by molar-refractivity contribution is -0.917. The first-order chi connectivity index (χ1) is 13.5. The van der Waals surface area contributed by atoms with Crippen molar-refractivity contribution in [3.05, 3.63) is 69.2 Å². The van der Waals surface area contributed by atoms with Crippen molar-refractivity contribution >= 4 is 40.3 Å². The monoisotopic (exact) mass is 414 g/mol. The van der Waals surface area contributed by atoms with Crippen molar-refractivity contribution in [1.82, 2.24) is 15.1 Å². The van der Waals surface area contributed by atoms with E-state index in [1.54, 1.807) is 7.05 Å². The number of amides is 1. The maximum Gasteiger partial charge on any atom is 0.251 e. The number of nitrogens with one attached hydrogen (secondary N) is 3. The van der Waals surface area contributed by atoms with Crippen LogP contribution in [0.3, 0.4) is 0 Å². The fourth-order valence-electron chi connectivity index (χ4n) is 2.86. The minimum atomic E-state index is -0.0743. The summed E-state index contributed by atoms with van der Waals surface area (Å²) < 4.78 is 2.60. The third-order valence-electron chi connectivity index (χ3n) is 4.36. The van der Waals surface area contributed by atoms with Gasteiger partial charge >= 0.3 is 0 Å². The lowest BCUT2D eigenvalue weighted by atomic mass is 10.1. The Morgan fingerprint density at radius 2 is 1.93 bits per heavy atom. The van der Waals surface area contributed by atoms with Crippen LogP contribution in [-0.4, -0.2) is 29.8 Å². The van der Waals surface area contributed by atoms with Gasteiger partial charge in [0, 0.05) is 23.9 Å². The molecule has 6 nitrogen and oxygen atoms in total. The van der Waals surface area contributed by atoms with E-state index in [-0.39, 0.29) is 5.91 Å². The smallest absolute Gasteiger partial charge is 0.251 e. The van der Waals surface area contributed by atoms with Gasteiger partial charge in [-0.3, -0.25) is 4.79 Å². The van der Waals surface area contributed by atoms with E-state index in [0.29, 0.717) is 12.2 Å². The molecule has 0 saturated heterocycles. The fraction of sp³-hybridized carbons (Fsp3) is 0.250. The number of carbonyl (C=O) groups excluding carboxylic acids is 1. The summed E-state index contributed by atoms with van der Waals surface area (Å²) in [6.07, 6.45) is 0. The average molecular weight is 415 g/mol. The molecule has 1 amide bonds. The molecule has 0 fully saturated rings. The van der Waals surface area contributed by atoms with Gasteiger partial charge in [0.05, 0.1) is 7.05 Å². The number of nitrogens with zero attached hydrogens (tertiary/aromatic N) is 2. The van der Waals surface area contributed by atoms with Gasteiger partial charge in [0.25, 0.3) is 5.91 Å². The third kappa shape index (κ3) is 5.03. The van der Waals surface area contributed by atoms with Crippen molar-refractivity contribution in [2.24, 2.45) is 0 Å². The van der Waals surface area contributed by atoms with Crippen molar-refractivity contribution in [3.8, 4) is 0 Å². The molecule has 0 radical (unpaired) electrons. The zero-order valence-corrected chi connectivity index (χ0v) is 17.8. The molecule has 28 heavy (non-hydrogen) atoms. The van der Waals surface area contributed by atoms with E-state index in [0.717, 1.165) is 32.4 Å². The van der Waals surface area contributed by atoms with Crippen LogP contribution in [0.1, 0.15) is 21.5 Å². The molecule has 8 heteroatoms. The number of benzene rings is 2. The average Bonchev–Trinajstić information content (AvgIpc) is 3.02. The van der Waals surface area contributed by atoms with E-state index in [2.05, 4.69) is 35.8 Å². The van der Waals surface area contributed by atoms with Crippen LogP contribution in [-0.2, 0) is 13.2 Å². The quantitative estimate of drug-likeness (QED) is 0.520. The summed E-state index contributed by atoms with van der Waals surface area (Å²) in [6.45, 7) is 3.54. The Labute approximate surface area is 173 Å². The molecule has 1 aromatic heterocycles. The number of aryl methyl sites for hydroxylation is 1. The molecule has 1 unspecified atom stereocenters. The Bertz CT molecular complexity index is 1010. The molecule has 1 heterocycles. The number of rotatable bonds is 7. The van der Waals surface area contributed by atoms with E-state index in [1.807, 2.05) is 47.1 Å². The molecule has 0 aliphatic heterocycles. The van der Waals surface area contributed by atoms with E-state index in [9.17, 15) is 4.79 Å². The second-order valence-corrected chi connectivity index (χ2v) is 8.30. The largest absolute Gasteiger partial charge is 0.355 e. The van der Waals surface area contributed by atoms with Crippen LogP contribution in [0.15, 0.2) is 48.5 Å². The highest BCUT2D eigenvalue weighted by atomic mass is 32.1. The Morgan fingerprint density at radius 3 is 2.61 bits per heavy atom. The first-order valence-electron chi connectivity index (χ1n) is 8.99. The Morgan fingerprint density at radius 1 is 1.21 bits per heavy atom. The predicted octanol–water partition coefficient (Wildman–Crippen LogP) is 2.76. The molecule has 0 aliphatic rings. The van der Waals surface area contributed by atoms with Crippen molar-refractivity contribution in [2.75, 3.05) is 19.4 Å². The van der Waals surface area contributed by atoms with E-state index in [1.165, 1.54) is 16.2 Å². The number of anilines is 2. The topological polar surface area (TPSA) is 63.4 Å². The number of hydrogen-bond donors (Lipinski definition) is 3. The second-order valence-electron chi connectivity index (χ2n) is 6.68. The Kier molecular flexibility index (Phi) is 6.56. The third-order valence-corrected chi connectivity index (χ3v) is 5.58. The lowest BCUT2D eigenvalue weighted by Gasteiger charge is -2.14. The molecule has 0 bridgehead atoms. The molecule has 3 N–H and O–H groups in total. The molecule has 1 atom stereocenters. The zero-order chi connectivity index (χ0) is 20.1. The number of carbonyl (C=O) groups is 1. The fourth-order valence-corrected chi connectivity index (χ4v) is 3.88. The normalized spacial score (nSPS) is 11.8. The Balaban J connectivity index is 1.63. The summed E-state index contributed by atoms with van der Waals surface area (Å²) in [5.74, 6) is -0.0743. The van der Waals surface area contributed by atoms with Crippen molar-refractivity contribution in [1.29, 1.82) is 0 Å². The van der Waals surface area contributed by atoms with Crippen LogP contribution in [0.4, 0.5) is 10.8 Å². The molecular weight excluding hydrogens is 390 g/mol. The first-order valence-corrected chi connectivity index (χ1v) is 10.2. The molecule has 0 aliphatic carbocycles. The van der Waals surface area contributed by atoms with E-state index < -0.39 is 0 Å². The summed E-state index contributed by atoms with van der Waals surface area (Å²) in [5, 5.41) is 11.4. The van der Waals surface area contributed by atoms with Crippen LogP contribution >= 0.6 is 23.6 Å². The summed E-state index contributed by atoms with van der Waals surface area (Å²) in [6, 6.07) is 15.8. The molecular formula is C20H24N5OS2+. The standard InChI is InChI=1S/C20H23N5OS2/c1-14-6-4-5-7-17(14)22-19-23-25(20(27)28-19)13-24(3)12-15-8-10-16(11-9-15)18(26)21-2/h4-11H,12-13H2,1-3H3,(H,21,26)(H,22,23)/p+1. The summed E-state index contributed by atoms with van der Waals surface area (Å²) in [5.41, 5.74) is 4.02. The number of quaternary nitrogens is 1. The number of aromatic nitrogens is 2. The van der Waals surface area contributed by atoms with Crippen molar-refractivity contribution in [2.45, 2.75) is 20.1 Å². The van der Waals surface area contributed by atoms with Crippen molar-refractivity contribution < 1.29 is 9.69 Å². The van der Waals surface area contributed by atoms with Gasteiger partial charge in [0.1, 0.15) is 6.54 Å². The van der Waals surface area contributed by atoms with Crippen molar-refractivity contribution in [3.63, 3.8) is 0 Å². The van der Waals surface area contributed by atoms with Crippen LogP contribution < -0.4 is 15.5 Å². The summed E-state index contributed by atoms with van der Waals surface area (Å²) in [4.78, 5) is 12.9. The maximum atomic E-state index is 11.6. The van der Waals surface area contributed by atoms with Crippen LogP contribution in [0, 0.1) is 10.9 Å². The van der Waals surface area contributed by atoms with Gasteiger partial charge in [-0.15, -0.1) is 5.10 Å². The minimum absolute atomic E-state index is 0.0743. The van der Waals surface area contributed by atoms with Crippen LogP contribution in [0.25, 0.3) is 0 Å². The highest BCUT2D eigenvalue weighted by Crippen LogP contribution is 2.22. The minimum Gasteiger partial charge on any atom is -0.355 e. The van der Waals surface area contributed by atoms with Crippen LogP contribution in [0.2, 0.25) is 0 Å². The predicted molar refractivity (Wildman–Crippen MR) is 116 cm³/mol.